The Morgan fingerprint density at radius 3 is 2.39 bits per heavy atom. The van der Waals surface area contributed by atoms with Crippen molar-refractivity contribution in [1.29, 1.82) is 0 Å². The molecule has 1 aliphatic heterocycles. The molecule has 1 aromatic heterocycles. The quantitative estimate of drug-likeness (QED) is 0.531. The lowest BCUT2D eigenvalue weighted by atomic mass is 10.1. The van der Waals surface area contributed by atoms with Crippen LogP contribution in [0.1, 0.15) is 30.0 Å². The number of halogens is 3. The van der Waals surface area contributed by atoms with E-state index in [2.05, 4.69) is 10.1 Å². The molecule has 1 fully saturated rings. The number of alkyl halides is 3. The number of nitrogens with zero attached hydrogens (tertiary/aromatic N) is 4. The minimum Gasteiger partial charge on any atom is -0.337 e. The van der Waals surface area contributed by atoms with Crippen LogP contribution >= 0.6 is 0 Å². The number of hydrogen-bond acceptors (Lipinski definition) is 6. The lowest BCUT2D eigenvalue weighted by Gasteiger charge is -2.36. The van der Waals surface area contributed by atoms with Crippen LogP contribution in [0.3, 0.4) is 0 Å². The molecule has 1 atom stereocenters. The summed E-state index contributed by atoms with van der Waals surface area (Å²) in [5.41, 5.74) is 0.164. The van der Waals surface area contributed by atoms with Crippen LogP contribution in [-0.4, -0.2) is 53.9 Å². The third-order valence-corrected chi connectivity index (χ3v) is 7.50. The van der Waals surface area contributed by atoms with Gasteiger partial charge in [0, 0.05) is 31.7 Å². The topological polar surface area (TPSA) is 79.5 Å². The van der Waals surface area contributed by atoms with Crippen molar-refractivity contribution < 1.29 is 26.1 Å². The van der Waals surface area contributed by atoms with Gasteiger partial charge in [-0.3, -0.25) is 4.90 Å². The molecule has 0 saturated carbocycles. The van der Waals surface area contributed by atoms with Gasteiger partial charge in [0.25, 0.3) is 0 Å². The van der Waals surface area contributed by atoms with Crippen LogP contribution in [-0.2, 0) is 22.0 Å². The zero-order valence-electron chi connectivity index (χ0n) is 17.9. The van der Waals surface area contributed by atoms with Gasteiger partial charge in [0.2, 0.25) is 21.7 Å². The van der Waals surface area contributed by atoms with Crippen LogP contribution in [0.4, 0.5) is 13.2 Å². The molecule has 33 heavy (non-hydrogen) atoms. The lowest BCUT2D eigenvalue weighted by Crippen LogP contribution is -2.49. The molecule has 4 rings (SSSR count). The Morgan fingerprint density at radius 2 is 1.73 bits per heavy atom. The zero-order valence-corrected chi connectivity index (χ0v) is 18.7. The second-order valence-electron chi connectivity index (χ2n) is 7.89. The third-order valence-electron chi connectivity index (χ3n) is 5.65. The molecular weight excluding hydrogens is 457 g/mol. The standard InChI is InChI=1S/C22H23F3N4O3S/c1-16(21-26-20(27-32-21)18-8-5-9-19(14-18)22(23,24)25)28-10-12-29(13-11-28)33(30,31)15-17-6-3-2-4-7-17/h2-9,14,16H,10-13,15H2,1H3. The molecule has 0 aliphatic carbocycles. The highest BCUT2D eigenvalue weighted by atomic mass is 32.2. The fraction of sp³-hybridized carbons (Fsp3) is 0.364. The van der Waals surface area contributed by atoms with E-state index in [-0.39, 0.29) is 29.1 Å². The van der Waals surface area contributed by atoms with Gasteiger partial charge in [0.15, 0.2) is 0 Å². The molecule has 0 spiro atoms. The van der Waals surface area contributed by atoms with Gasteiger partial charge in [-0.1, -0.05) is 47.6 Å². The molecule has 1 aliphatic rings. The van der Waals surface area contributed by atoms with Gasteiger partial charge < -0.3 is 4.52 Å². The summed E-state index contributed by atoms with van der Waals surface area (Å²) in [6.45, 7) is 3.44. The highest BCUT2D eigenvalue weighted by Crippen LogP contribution is 2.32. The monoisotopic (exact) mass is 480 g/mol. The first-order chi connectivity index (χ1) is 15.6. The average Bonchev–Trinajstić information content (AvgIpc) is 3.29. The van der Waals surface area contributed by atoms with Gasteiger partial charge in [0.1, 0.15) is 0 Å². The van der Waals surface area contributed by atoms with Crippen LogP contribution in [0.2, 0.25) is 0 Å². The van der Waals surface area contributed by atoms with Crippen LogP contribution in [0, 0.1) is 0 Å². The fourth-order valence-corrected chi connectivity index (χ4v) is 5.27. The molecule has 1 saturated heterocycles. The summed E-state index contributed by atoms with van der Waals surface area (Å²) < 4.78 is 71.2. The summed E-state index contributed by atoms with van der Waals surface area (Å²) in [6, 6.07) is 13.5. The molecule has 0 amide bonds. The molecule has 3 aromatic rings. The molecule has 2 aromatic carbocycles. The fourth-order valence-electron chi connectivity index (χ4n) is 3.76. The molecule has 1 unspecified atom stereocenters. The van der Waals surface area contributed by atoms with Crippen molar-refractivity contribution in [3.05, 3.63) is 71.6 Å². The average molecular weight is 481 g/mol. The van der Waals surface area contributed by atoms with Crippen molar-refractivity contribution in [3.8, 4) is 11.4 Å². The normalized spacial score (nSPS) is 17.2. The Balaban J connectivity index is 1.40. The first-order valence-corrected chi connectivity index (χ1v) is 12.0. The van der Waals surface area contributed by atoms with Crippen molar-refractivity contribution in [2.45, 2.75) is 24.9 Å². The van der Waals surface area contributed by atoms with Gasteiger partial charge >= 0.3 is 6.18 Å². The summed E-state index contributed by atoms with van der Waals surface area (Å²) >= 11 is 0. The molecule has 0 radical (unpaired) electrons. The zero-order chi connectivity index (χ0) is 23.6. The first kappa shape index (κ1) is 23.4. The molecule has 0 bridgehead atoms. The van der Waals surface area contributed by atoms with E-state index >= 15 is 0 Å². The van der Waals surface area contributed by atoms with E-state index in [1.54, 1.807) is 12.1 Å². The number of aromatic nitrogens is 2. The maximum Gasteiger partial charge on any atom is 0.416 e. The van der Waals surface area contributed by atoms with Crippen molar-refractivity contribution in [3.63, 3.8) is 0 Å². The highest BCUT2D eigenvalue weighted by Gasteiger charge is 2.32. The second-order valence-corrected chi connectivity index (χ2v) is 9.86. The SMILES string of the molecule is CC(c1nc(-c2cccc(C(F)(F)F)c2)no1)N1CCN(S(=O)(=O)Cc2ccccc2)CC1. The highest BCUT2D eigenvalue weighted by molar-refractivity contribution is 7.88. The van der Waals surface area contributed by atoms with E-state index in [1.165, 1.54) is 16.4 Å². The van der Waals surface area contributed by atoms with Crippen LogP contribution in [0.25, 0.3) is 11.4 Å². The molecular formula is C22H23F3N4O3S. The number of hydrogen-bond donors (Lipinski definition) is 0. The molecule has 2 heterocycles. The van der Waals surface area contributed by atoms with Gasteiger partial charge in [-0.05, 0) is 24.6 Å². The molecule has 11 heteroatoms. The smallest absolute Gasteiger partial charge is 0.337 e. The van der Waals surface area contributed by atoms with Crippen LogP contribution in [0.5, 0.6) is 0 Å². The van der Waals surface area contributed by atoms with E-state index in [0.29, 0.717) is 26.2 Å². The minimum atomic E-state index is -4.46. The summed E-state index contributed by atoms with van der Waals surface area (Å²) in [6.07, 6.45) is -4.46. The Morgan fingerprint density at radius 1 is 1.03 bits per heavy atom. The summed E-state index contributed by atoms with van der Waals surface area (Å²) in [7, 11) is -3.43. The van der Waals surface area contributed by atoms with Crippen molar-refractivity contribution >= 4 is 10.0 Å². The van der Waals surface area contributed by atoms with E-state index in [9.17, 15) is 21.6 Å². The van der Waals surface area contributed by atoms with Crippen molar-refractivity contribution in [2.75, 3.05) is 26.2 Å². The molecule has 0 N–H and O–H groups in total. The van der Waals surface area contributed by atoms with E-state index in [4.69, 9.17) is 4.52 Å². The number of benzene rings is 2. The maximum atomic E-state index is 13.0. The Bertz CT molecular complexity index is 1190. The lowest BCUT2D eigenvalue weighted by molar-refractivity contribution is -0.137. The van der Waals surface area contributed by atoms with Crippen molar-refractivity contribution in [1.82, 2.24) is 19.3 Å². The number of piperazine rings is 1. The largest absolute Gasteiger partial charge is 0.416 e. The minimum absolute atomic E-state index is 0.0482. The van der Waals surface area contributed by atoms with Crippen molar-refractivity contribution in [2.24, 2.45) is 0 Å². The summed E-state index contributed by atoms with van der Waals surface area (Å²) in [4.78, 5) is 6.30. The summed E-state index contributed by atoms with van der Waals surface area (Å²) in [5, 5.41) is 3.84. The summed E-state index contributed by atoms with van der Waals surface area (Å²) in [5.74, 6) is 0.294. The van der Waals surface area contributed by atoms with E-state index < -0.39 is 21.8 Å². The van der Waals surface area contributed by atoms with Gasteiger partial charge in [-0.15, -0.1) is 0 Å². The number of rotatable bonds is 6. The van der Waals surface area contributed by atoms with E-state index in [0.717, 1.165) is 17.7 Å². The van der Waals surface area contributed by atoms with Gasteiger partial charge in [-0.25, -0.2) is 8.42 Å². The predicted octanol–water partition coefficient (Wildman–Crippen LogP) is 3.96. The Hall–Kier alpha value is -2.76. The Labute approximate surface area is 189 Å². The number of sulfonamides is 1. The third kappa shape index (κ3) is 5.43. The van der Waals surface area contributed by atoms with E-state index in [1.807, 2.05) is 30.0 Å². The predicted molar refractivity (Wildman–Crippen MR) is 115 cm³/mol. The molecule has 7 nitrogen and oxygen atoms in total. The second kappa shape index (κ2) is 9.24. The van der Waals surface area contributed by atoms with Gasteiger partial charge in [0.05, 0.1) is 17.4 Å². The van der Waals surface area contributed by atoms with Crippen LogP contribution < -0.4 is 0 Å². The maximum absolute atomic E-state index is 13.0. The first-order valence-electron chi connectivity index (χ1n) is 10.4. The van der Waals surface area contributed by atoms with Crippen LogP contribution in [0.15, 0.2) is 59.1 Å². The van der Waals surface area contributed by atoms with Gasteiger partial charge in [-0.2, -0.15) is 22.5 Å². The Kier molecular flexibility index (Phi) is 6.55. The molecule has 176 valence electrons.